The van der Waals surface area contributed by atoms with Gasteiger partial charge in [0.05, 0.1) is 21.7 Å². The average Bonchev–Trinajstić information content (AvgIpc) is 2.68. The molecule has 3 rings (SSSR count). The van der Waals surface area contributed by atoms with Crippen LogP contribution in [0.4, 0.5) is 0 Å². The Hall–Kier alpha value is -2.44. The van der Waals surface area contributed by atoms with Gasteiger partial charge in [-0.2, -0.15) is 5.26 Å². The molecule has 3 aromatic rings. The predicted molar refractivity (Wildman–Crippen MR) is 112 cm³/mol. The van der Waals surface area contributed by atoms with Gasteiger partial charge in [0.25, 0.3) is 0 Å². The first kappa shape index (κ1) is 19.3. The topological polar surface area (TPSA) is 33.0 Å². The smallest absolute Gasteiger partial charge is 0.127 e. The molecule has 0 saturated carbocycles. The molecule has 0 fully saturated rings. The Labute approximate surface area is 173 Å². The highest BCUT2D eigenvalue weighted by molar-refractivity contribution is 6.42. The summed E-state index contributed by atoms with van der Waals surface area (Å²) in [6, 6.07) is 22.3. The van der Waals surface area contributed by atoms with Crippen molar-refractivity contribution in [3.63, 3.8) is 0 Å². The van der Waals surface area contributed by atoms with Crippen molar-refractivity contribution < 1.29 is 4.74 Å². The van der Waals surface area contributed by atoms with Gasteiger partial charge in [-0.3, -0.25) is 0 Å². The van der Waals surface area contributed by atoms with E-state index in [4.69, 9.17) is 39.5 Å². The molecule has 0 amide bonds. The molecule has 3 aromatic carbocycles. The summed E-state index contributed by atoms with van der Waals surface area (Å²) in [5.74, 6) is 0.658. The van der Waals surface area contributed by atoms with Crippen molar-refractivity contribution in [3.05, 3.63) is 98.5 Å². The monoisotopic (exact) mass is 413 g/mol. The second-order valence-electron chi connectivity index (χ2n) is 5.72. The van der Waals surface area contributed by atoms with Crippen LogP contribution in [0.1, 0.15) is 16.7 Å². The molecule has 5 heteroatoms. The fourth-order valence-corrected chi connectivity index (χ4v) is 2.99. The van der Waals surface area contributed by atoms with Crippen LogP contribution in [-0.4, -0.2) is 0 Å². The maximum absolute atomic E-state index is 9.58. The average molecular weight is 415 g/mol. The van der Waals surface area contributed by atoms with Gasteiger partial charge in [0, 0.05) is 16.1 Å². The number of hydrogen-bond acceptors (Lipinski definition) is 2. The van der Waals surface area contributed by atoms with E-state index in [0.29, 0.717) is 38.6 Å². The van der Waals surface area contributed by atoms with E-state index in [1.165, 1.54) is 0 Å². The van der Waals surface area contributed by atoms with Gasteiger partial charge >= 0.3 is 0 Å². The summed E-state index contributed by atoms with van der Waals surface area (Å²) < 4.78 is 5.94. The summed E-state index contributed by atoms with van der Waals surface area (Å²) in [7, 11) is 0. The predicted octanol–water partition coefficient (Wildman–Crippen LogP) is 7.29. The van der Waals surface area contributed by atoms with Crippen molar-refractivity contribution in [2.24, 2.45) is 0 Å². The van der Waals surface area contributed by atoms with Gasteiger partial charge < -0.3 is 4.74 Å². The minimum atomic E-state index is 0.333. The first-order chi connectivity index (χ1) is 13.1. The molecule has 27 heavy (non-hydrogen) atoms. The molecule has 0 aliphatic carbocycles. The lowest BCUT2D eigenvalue weighted by Gasteiger charge is -2.11. The molecular formula is C22H14Cl3NO. The van der Waals surface area contributed by atoms with E-state index in [1.54, 1.807) is 24.3 Å². The lowest BCUT2D eigenvalue weighted by atomic mass is 10.0. The molecule has 0 N–H and O–H groups in total. The molecule has 0 aliphatic rings. The van der Waals surface area contributed by atoms with Gasteiger partial charge in [0.1, 0.15) is 12.4 Å². The summed E-state index contributed by atoms with van der Waals surface area (Å²) in [5.41, 5.74) is 2.82. The largest absolute Gasteiger partial charge is 0.488 e. The third kappa shape index (κ3) is 4.84. The number of nitriles is 1. The zero-order chi connectivity index (χ0) is 19.2. The van der Waals surface area contributed by atoms with Crippen molar-refractivity contribution in [2.45, 2.75) is 6.61 Å². The summed E-state index contributed by atoms with van der Waals surface area (Å²) in [6.07, 6.45) is 1.77. The number of halogens is 3. The third-order valence-electron chi connectivity index (χ3n) is 3.91. The quantitative estimate of drug-likeness (QED) is 0.324. The van der Waals surface area contributed by atoms with Crippen LogP contribution >= 0.6 is 34.8 Å². The van der Waals surface area contributed by atoms with Gasteiger partial charge in [-0.25, -0.2) is 0 Å². The van der Waals surface area contributed by atoms with E-state index in [2.05, 4.69) is 6.07 Å². The second kappa shape index (κ2) is 8.97. The maximum atomic E-state index is 9.58. The Morgan fingerprint density at radius 1 is 0.889 bits per heavy atom. The zero-order valence-corrected chi connectivity index (χ0v) is 16.4. The SMILES string of the molecule is N#C/C(=C/c1ccccc1OCc1ccccc1Cl)c1ccc(Cl)c(Cl)c1. The fraction of sp³-hybridized carbons (Fsp3) is 0.0455. The van der Waals surface area contributed by atoms with E-state index in [9.17, 15) is 5.26 Å². The molecule has 134 valence electrons. The molecular weight excluding hydrogens is 401 g/mol. The summed E-state index contributed by atoms with van der Waals surface area (Å²) in [5, 5.41) is 11.1. The van der Waals surface area contributed by atoms with Gasteiger partial charge in [0.15, 0.2) is 0 Å². The first-order valence-electron chi connectivity index (χ1n) is 8.11. The number of nitrogens with zero attached hydrogens (tertiary/aromatic N) is 1. The highest BCUT2D eigenvalue weighted by atomic mass is 35.5. The number of hydrogen-bond donors (Lipinski definition) is 0. The Kier molecular flexibility index (Phi) is 6.42. The van der Waals surface area contributed by atoms with Gasteiger partial charge in [-0.05, 0) is 35.9 Å². The molecule has 0 heterocycles. The lowest BCUT2D eigenvalue weighted by molar-refractivity contribution is 0.305. The van der Waals surface area contributed by atoms with Crippen molar-refractivity contribution in [2.75, 3.05) is 0 Å². The summed E-state index contributed by atoms with van der Waals surface area (Å²) >= 11 is 18.2. The van der Waals surface area contributed by atoms with Crippen LogP contribution in [0.5, 0.6) is 5.75 Å². The molecule has 0 saturated heterocycles. The highest BCUT2D eigenvalue weighted by Crippen LogP contribution is 2.29. The first-order valence-corrected chi connectivity index (χ1v) is 9.24. The van der Waals surface area contributed by atoms with E-state index in [-0.39, 0.29) is 0 Å². The summed E-state index contributed by atoms with van der Waals surface area (Å²) in [6.45, 7) is 0.333. The fourth-order valence-electron chi connectivity index (χ4n) is 2.50. The van der Waals surface area contributed by atoms with Crippen LogP contribution in [0, 0.1) is 11.3 Å². The van der Waals surface area contributed by atoms with Crippen LogP contribution in [0.25, 0.3) is 11.6 Å². The molecule has 0 aliphatic heterocycles. The number of ether oxygens (including phenoxy) is 1. The van der Waals surface area contributed by atoms with Crippen molar-refractivity contribution in [1.82, 2.24) is 0 Å². The molecule has 0 atom stereocenters. The zero-order valence-electron chi connectivity index (χ0n) is 14.1. The normalized spacial score (nSPS) is 11.1. The number of allylic oxidation sites excluding steroid dienone is 1. The third-order valence-corrected chi connectivity index (χ3v) is 5.02. The van der Waals surface area contributed by atoms with Gasteiger partial charge in [-0.1, -0.05) is 77.3 Å². The second-order valence-corrected chi connectivity index (χ2v) is 6.94. The molecule has 0 unspecified atom stereocenters. The number of rotatable bonds is 5. The van der Waals surface area contributed by atoms with E-state index >= 15 is 0 Å². The van der Waals surface area contributed by atoms with Crippen LogP contribution in [0.15, 0.2) is 66.7 Å². The van der Waals surface area contributed by atoms with Crippen molar-refractivity contribution in [3.8, 4) is 11.8 Å². The van der Waals surface area contributed by atoms with E-state index in [0.717, 1.165) is 11.1 Å². The van der Waals surface area contributed by atoms with Crippen LogP contribution in [0.2, 0.25) is 15.1 Å². The lowest BCUT2D eigenvalue weighted by Crippen LogP contribution is -1.97. The Morgan fingerprint density at radius 3 is 2.37 bits per heavy atom. The molecule has 0 aromatic heterocycles. The van der Waals surface area contributed by atoms with E-state index in [1.807, 2.05) is 48.5 Å². The van der Waals surface area contributed by atoms with Crippen LogP contribution in [0.3, 0.4) is 0 Å². The minimum Gasteiger partial charge on any atom is -0.488 e. The van der Waals surface area contributed by atoms with E-state index < -0.39 is 0 Å². The Balaban J connectivity index is 1.90. The Bertz CT molecular complexity index is 1040. The Morgan fingerprint density at radius 2 is 1.63 bits per heavy atom. The van der Waals surface area contributed by atoms with Crippen molar-refractivity contribution in [1.29, 1.82) is 5.26 Å². The number of benzene rings is 3. The van der Waals surface area contributed by atoms with Crippen LogP contribution in [-0.2, 0) is 6.61 Å². The maximum Gasteiger partial charge on any atom is 0.127 e. The standard InChI is InChI=1S/C22H14Cl3NO/c23-19-7-3-1-6-17(19)14-27-22-8-4-2-5-16(22)11-18(13-26)15-9-10-20(24)21(25)12-15/h1-12H,14H2/b18-11-. The molecule has 0 bridgehead atoms. The number of para-hydroxylation sites is 1. The molecule has 0 spiro atoms. The highest BCUT2D eigenvalue weighted by Gasteiger charge is 2.08. The molecule has 0 radical (unpaired) electrons. The van der Waals surface area contributed by atoms with Crippen LogP contribution < -0.4 is 4.74 Å². The van der Waals surface area contributed by atoms with Crippen molar-refractivity contribution >= 4 is 46.5 Å². The summed E-state index contributed by atoms with van der Waals surface area (Å²) in [4.78, 5) is 0. The molecule has 2 nitrogen and oxygen atoms in total. The van der Waals surface area contributed by atoms with Gasteiger partial charge in [0.2, 0.25) is 0 Å². The minimum absolute atomic E-state index is 0.333. The van der Waals surface area contributed by atoms with Gasteiger partial charge in [-0.15, -0.1) is 0 Å².